The number of methoxy groups -OCH3 is 1. The van der Waals surface area contributed by atoms with Crippen molar-refractivity contribution in [1.82, 2.24) is 4.90 Å². The summed E-state index contributed by atoms with van der Waals surface area (Å²) in [6, 6.07) is 10.1. The zero-order valence-electron chi connectivity index (χ0n) is 9.84. The van der Waals surface area contributed by atoms with Gasteiger partial charge in [-0.25, -0.2) is 0 Å². The van der Waals surface area contributed by atoms with Gasteiger partial charge in [0.2, 0.25) is 0 Å². The van der Waals surface area contributed by atoms with E-state index in [1.807, 2.05) is 29.2 Å². The number of aliphatic hydroxyl groups is 1. The van der Waals surface area contributed by atoms with Gasteiger partial charge in [-0.1, -0.05) is 12.1 Å². The molecule has 0 aliphatic carbocycles. The molecule has 17 heavy (non-hydrogen) atoms. The lowest BCUT2D eigenvalue weighted by molar-refractivity contribution is 0.179. The zero-order valence-corrected chi connectivity index (χ0v) is 9.84. The van der Waals surface area contributed by atoms with Crippen molar-refractivity contribution < 1.29 is 9.84 Å². The van der Waals surface area contributed by atoms with E-state index in [0.717, 1.165) is 11.3 Å². The highest BCUT2D eigenvalue weighted by molar-refractivity contribution is 5.31. The average molecular weight is 232 g/mol. The van der Waals surface area contributed by atoms with Gasteiger partial charge in [0.25, 0.3) is 0 Å². The van der Waals surface area contributed by atoms with Crippen molar-refractivity contribution in [2.24, 2.45) is 0 Å². The molecule has 1 heterocycles. The molecule has 1 N–H and O–H groups in total. The van der Waals surface area contributed by atoms with Crippen LogP contribution in [0.5, 0.6) is 5.75 Å². The molecule has 90 valence electrons. The van der Waals surface area contributed by atoms with E-state index in [1.165, 1.54) is 0 Å². The minimum atomic E-state index is -0.348. The minimum Gasteiger partial charge on any atom is -0.497 e. The van der Waals surface area contributed by atoms with Crippen LogP contribution in [0.2, 0.25) is 0 Å². The fraction of sp³-hybridized carbons (Fsp3) is 0.462. The highest BCUT2D eigenvalue weighted by Gasteiger charge is 2.31. The molecule has 2 atom stereocenters. The van der Waals surface area contributed by atoms with Gasteiger partial charge < -0.3 is 9.84 Å². The molecule has 4 heteroatoms. The third-order valence-electron chi connectivity index (χ3n) is 3.13. The first-order chi connectivity index (χ1) is 8.24. The van der Waals surface area contributed by atoms with Gasteiger partial charge in [-0.05, 0) is 24.1 Å². The molecule has 0 bridgehead atoms. The molecular formula is C13H16N2O2. The van der Waals surface area contributed by atoms with Crippen molar-refractivity contribution in [2.75, 3.05) is 20.2 Å². The summed E-state index contributed by atoms with van der Waals surface area (Å²) in [5, 5.41) is 18.5. The fourth-order valence-corrected chi connectivity index (χ4v) is 2.34. The fourth-order valence-electron chi connectivity index (χ4n) is 2.34. The number of likely N-dealkylation sites (tertiary alicyclic amines) is 1. The van der Waals surface area contributed by atoms with Crippen LogP contribution in [0.3, 0.4) is 0 Å². The van der Waals surface area contributed by atoms with Crippen LogP contribution < -0.4 is 4.74 Å². The molecule has 2 rings (SSSR count). The van der Waals surface area contributed by atoms with Crippen LogP contribution in [-0.2, 0) is 0 Å². The molecule has 1 aliphatic heterocycles. The topological polar surface area (TPSA) is 56.5 Å². The predicted octanol–water partition coefficient (Wildman–Crippen LogP) is 1.33. The molecule has 0 aromatic heterocycles. The van der Waals surface area contributed by atoms with E-state index in [9.17, 15) is 5.11 Å². The normalized spacial score (nSPS) is 24.5. The molecule has 1 aromatic rings. The number of nitrogens with zero attached hydrogens (tertiary/aromatic N) is 2. The Hall–Kier alpha value is -1.57. The summed E-state index contributed by atoms with van der Waals surface area (Å²) in [6.07, 6.45) is 0.328. The van der Waals surface area contributed by atoms with E-state index in [-0.39, 0.29) is 12.1 Å². The van der Waals surface area contributed by atoms with Crippen LogP contribution in [0.15, 0.2) is 24.3 Å². The Morgan fingerprint density at radius 2 is 2.41 bits per heavy atom. The van der Waals surface area contributed by atoms with E-state index in [1.54, 1.807) is 7.11 Å². The van der Waals surface area contributed by atoms with E-state index >= 15 is 0 Å². The van der Waals surface area contributed by atoms with Crippen LogP contribution >= 0.6 is 0 Å². The van der Waals surface area contributed by atoms with E-state index in [0.29, 0.717) is 19.5 Å². The average Bonchev–Trinajstić information content (AvgIpc) is 2.71. The number of ether oxygens (including phenoxy) is 1. The van der Waals surface area contributed by atoms with Gasteiger partial charge in [0.1, 0.15) is 5.75 Å². The van der Waals surface area contributed by atoms with Gasteiger partial charge in [0.15, 0.2) is 0 Å². The Bertz CT molecular complexity index is 428. The highest BCUT2D eigenvalue weighted by Crippen LogP contribution is 2.33. The summed E-state index contributed by atoms with van der Waals surface area (Å²) in [6.45, 7) is 0.911. The summed E-state index contributed by atoms with van der Waals surface area (Å²) in [5.74, 6) is 0.806. The highest BCUT2D eigenvalue weighted by atomic mass is 16.5. The number of hydrogen-bond donors (Lipinski definition) is 1. The molecule has 0 spiro atoms. The van der Waals surface area contributed by atoms with Gasteiger partial charge in [0.05, 0.1) is 25.8 Å². The van der Waals surface area contributed by atoms with Crippen molar-refractivity contribution in [2.45, 2.75) is 18.6 Å². The predicted molar refractivity (Wildman–Crippen MR) is 63.5 cm³/mol. The Kier molecular flexibility index (Phi) is 3.62. The Morgan fingerprint density at radius 1 is 1.59 bits per heavy atom. The second kappa shape index (κ2) is 5.17. The van der Waals surface area contributed by atoms with Crippen LogP contribution in [0, 0.1) is 11.3 Å². The van der Waals surface area contributed by atoms with Crippen molar-refractivity contribution >= 4 is 0 Å². The molecule has 4 nitrogen and oxygen atoms in total. The van der Waals surface area contributed by atoms with E-state index in [4.69, 9.17) is 10.00 Å². The second-order valence-electron chi connectivity index (χ2n) is 4.27. The number of nitriles is 1. The number of benzene rings is 1. The Morgan fingerprint density at radius 3 is 3.12 bits per heavy atom. The molecule has 0 unspecified atom stereocenters. The third-order valence-corrected chi connectivity index (χ3v) is 3.13. The third kappa shape index (κ3) is 2.57. The summed E-state index contributed by atoms with van der Waals surface area (Å²) in [5.41, 5.74) is 1.09. The maximum absolute atomic E-state index is 9.70. The van der Waals surface area contributed by atoms with Gasteiger partial charge >= 0.3 is 0 Å². The largest absolute Gasteiger partial charge is 0.497 e. The van der Waals surface area contributed by atoms with Crippen molar-refractivity contribution in [3.63, 3.8) is 0 Å². The molecule has 1 aliphatic rings. The van der Waals surface area contributed by atoms with Crippen LogP contribution in [0.1, 0.15) is 18.0 Å². The monoisotopic (exact) mass is 232 g/mol. The van der Waals surface area contributed by atoms with Crippen LogP contribution in [0.4, 0.5) is 0 Å². The molecule has 0 amide bonds. The molecule has 0 radical (unpaired) electrons. The number of hydrogen-bond acceptors (Lipinski definition) is 4. The quantitative estimate of drug-likeness (QED) is 0.799. The molecular weight excluding hydrogens is 216 g/mol. The first-order valence-electron chi connectivity index (χ1n) is 5.67. The summed E-state index contributed by atoms with van der Waals surface area (Å²) in [7, 11) is 1.63. The molecule has 0 saturated carbocycles. The zero-order chi connectivity index (χ0) is 12.3. The van der Waals surface area contributed by atoms with Crippen LogP contribution in [0.25, 0.3) is 0 Å². The van der Waals surface area contributed by atoms with Crippen LogP contribution in [-0.4, -0.2) is 36.3 Å². The first-order valence-corrected chi connectivity index (χ1v) is 5.67. The molecule has 1 fully saturated rings. The minimum absolute atomic E-state index is 0.111. The van der Waals surface area contributed by atoms with Gasteiger partial charge in [0, 0.05) is 12.6 Å². The summed E-state index contributed by atoms with van der Waals surface area (Å²) in [4.78, 5) is 2.00. The number of β-amino-alcohol motifs (C(OH)–C–C–N with tert-alkyl or cyclic N) is 1. The van der Waals surface area contributed by atoms with Crippen molar-refractivity contribution in [3.8, 4) is 11.8 Å². The Balaban J connectivity index is 2.22. The first kappa shape index (κ1) is 11.9. The smallest absolute Gasteiger partial charge is 0.119 e. The lowest BCUT2D eigenvalue weighted by Crippen LogP contribution is -2.25. The summed E-state index contributed by atoms with van der Waals surface area (Å²) >= 11 is 0. The summed E-state index contributed by atoms with van der Waals surface area (Å²) < 4.78 is 5.19. The van der Waals surface area contributed by atoms with Gasteiger partial charge in [-0.2, -0.15) is 5.26 Å². The number of aliphatic hydroxyl groups excluding tert-OH is 1. The van der Waals surface area contributed by atoms with E-state index < -0.39 is 0 Å². The van der Waals surface area contributed by atoms with Gasteiger partial charge in [-0.3, -0.25) is 4.90 Å². The maximum Gasteiger partial charge on any atom is 0.119 e. The lowest BCUT2D eigenvalue weighted by atomic mass is 10.0. The molecule has 1 aromatic carbocycles. The Labute approximate surface area is 101 Å². The lowest BCUT2D eigenvalue weighted by Gasteiger charge is -2.21. The van der Waals surface area contributed by atoms with Crippen molar-refractivity contribution in [1.29, 1.82) is 5.26 Å². The standard InChI is InChI=1S/C13H16N2O2/c1-17-12-4-2-3-10(7-12)13-8-11(16)9-15(13)6-5-14/h2-4,7,11,13,16H,6,8-9H2,1H3/t11-,13-/m0/s1. The van der Waals surface area contributed by atoms with E-state index in [2.05, 4.69) is 6.07 Å². The van der Waals surface area contributed by atoms with Gasteiger partial charge in [-0.15, -0.1) is 0 Å². The molecule has 1 saturated heterocycles. The number of rotatable bonds is 3. The maximum atomic E-state index is 9.70. The van der Waals surface area contributed by atoms with Crippen molar-refractivity contribution in [3.05, 3.63) is 29.8 Å². The second-order valence-corrected chi connectivity index (χ2v) is 4.27. The SMILES string of the molecule is COc1cccc([C@@H]2C[C@H](O)CN2CC#N)c1.